The van der Waals surface area contributed by atoms with E-state index in [9.17, 15) is 25.2 Å². The van der Waals surface area contributed by atoms with Gasteiger partial charge >= 0.3 is 5.97 Å². The molecule has 43 heavy (non-hydrogen) atoms. The summed E-state index contributed by atoms with van der Waals surface area (Å²) in [5.41, 5.74) is -4.81. The van der Waals surface area contributed by atoms with Crippen molar-refractivity contribution < 1.29 is 48.9 Å². The van der Waals surface area contributed by atoms with E-state index in [4.69, 9.17) is 23.7 Å². The van der Waals surface area contributed by atoms with Gasteiger partial charge in [0.25, 0.3) is 0 Å². The van der Waals surface area contributed by atoms with Crippen LogP contribution >= 0.6 is 0 Å². The number of nitrogens with zero attached hydrogens (tertiary/aromatic N) is 1. The molecule has 15 atom stereocenters. The number of piperidine rings is 1. The van der Waals surface area contributed by atoms with E-state index < -0.39 is 82.4 Å². The largest absolute Gasteiger partial charge is 0.455 e. The van der Waals surface area contributed by atoms with Crippen molar-refractivity contribution in [3.63, 3.8) is 0 Å². The van der Waals surface area contributed by atoms with E-state index in [1.807, 2.05) is 0 Å². The highest BCUT2D eigenvalue weighted by Gasteiger charge is 2.91. The zero-order valence-electron chi connectivity index (χ0n) is 25.5. The number of carbonyl (C=O) groups is 1. The molecule has 11 heteroatoms. The van der Waals surface area contributed by atoms with Crippen LogP contribution in [0.3, 0.4) is 0 Å². The molecule has 11 nitrogen and oxygen atoms in total. The maximum absolute atomic E-state index is 13.6. The van der Waals surface area contributed by atoms with Crippen molar-refractivity contribution in [1.82, 2.24) is 4.90 Å². The van der Waals surface area contributed by atoms with Gasteiger partial charge in [0.2, 0.25) is 0 Å². The molecule has 1 heterocycles. The summed E-state index contributed by atoms with van der Waals surface area (Å²) in [6, 6.07) is 8.25. The van der Waals surface area contributed by atoms with Crippen LogP contribution in [0.15, 0.2) is 30.3 Å². The number of hydrogen-bond donors (Lipinski definition) is 4. The van der Waals surface area contributed by atoms with Crippen LogP contribution in [0.2, 0.25) is 0 Å². The Morgan fingerprint density at radius 3 is 2.33 bits per heavy atom. The quantitative estimate of drug-likeness (QED) is 0.300. The molecule has 6 aliphatic rings. The summed E-state index contributed by atoms with van der Waals surface area (Å²) in [5, 5.41) is 49.7. The van der Waals surface area contributed by atoms with Gasteiger partial charge in [-0.05, 0) is 31.0 Å². The Morgan fingerprint density at radius 2 is 1.72 bits per heavy atom. The molecule has 5 saturated carbocycles. The topological polar surface area (TPSA) is 147 Å². The number of aliphatic hydroxyl groups is 4. The van der Waals surface area contributed by atoms with E-state index in [1.165, 1.54) is 7.11 Å². The first-order chi connectivity index (χ1) is 20.6. The third-order valence-corrected chi connectivity index (χ3v) is 12.9. The van der Waals surface area contributed by atoms with Gasteiger partial charge in [-0.25, -0.2) is 4.79 Å². The normalized spacial score (nSPS) is 52.7. The van der Waals surface area contributed by atoms with E-state index in [1.54, 1.807) is 51.7 Å². The molecule has 0 aromatic heterocycles. The molecule has 7 rings (SSSR count). The van der Waals surface area contributed by atoms with Gasteiger partial charge in [0.15, 0.2) is 0 Å². The van der Waals surface area contributed by atoms with Crippen LogP contribution in [0, 0.1) is 34.5 Å². The average Bonchev–Trinajstić information content (AvgIpc) is 3.39. The molecule has 238 valence electrons. The van der Waals surface area contributed by atoms with Gasteiger partial charge in [-0.1, -0.05) is 25.1 Å². The van der Waals surface area contributed by atoms with E-state index in [2.05, 4.69) is 11.8 Å². The Labute approximate surface area is 252 Å². The summed E-state index contributed by atoms with van der Waals surface area (Å²) in [4.78, 5) is 15.8. The van der Waals surface area contributed by atoms with Crippen molar-refractivity contribution in [3.05, 3.63) is 35.9 Å². The van der Waals surface area contributed by atoms with Gasteiger partial charge in [0.1, 0.15) is 29.5 Å². The van der Waals surface area contributed by atoms with Crippen molar-refractivity contribution in [2.24, 2.45) is 34.5 Å². The predicted octanol–water partition coefficient (Wildman–Crippen LogP) is 0.0773. The monoisotopic (exact) mass is 603 g/mol. The van der Waals surface area contributed by atoms with Gasteiger partial charge in [-0.3, -0.25) is 4.90 Å². The maximum atomic E-state index is 13.6. The molecule has 7 bridgehead atoms. The van der Waals surface area contributed by atoms with E-state index in [0.717, 1.165) is 0 Å². The van der Waals surface area contributed by atoms with E-state index >= 15 is 0 Å². The molecule has 1 aliphatic heterocycles. The van der Waals surface area contributed by atoms with Crippen molar-refractivity contribution in [2.75, 3.05) is 48.1 Å². The molecule has 4 unspecified atom stereocenters. The van der Waals surface area contributed by atoms with Crippen molar-refractivity contribution >= 4 is 5.97 Å². The smallest absolute Gasteiger partial charge is 0.338 e. The third kappa shape index (κ3) is 3.28. The highest BCUT2D eigenvalue weighted by molar-refractivity contribution is 5.89. The summed E-state index contributed by atoms with van der Waals surface area (Å²) >= 11 is 0. The summed E-state index contributed by atoms with van der Waals surface area (Å²) in [5.74, 6) is -2.94. The van der Waals surface area contributed by atoms with Crippen LogP contribution in [0.5, 0.6) is 0 Å². The van der Waals surface area contributed by atoms with Crippen molar-refractivity contribution in [3.8, 4) is 0 Å². The Balaban J connectivity index is 1.48. The minimum Gasteiger partial charge on any atom is -0.455 e. The Morgan fingerprint density at radius 1 is 1.00 bits per heavy atom. The predicted molar refractivity (Wildman–Crippen MR) is 151 cm³/mol. The molecule has 1 aromatic carbocycles. The maximum Gasteiger partial charge on any atom is 0.338 e. The van der Waals surface area contributed by atoms with Crippen molar-refractivity contribution in [2.45, 2.75) is 73.6 Å². The lowest BCUT2D eigenvalue weighted by Gasteiger charge is -2.70. The Bertz CT molecular complexity index is 1250. The number of carbonyl (C=O) groups excluding carboxylic acids is 1. The Hall–Kier alpha value is -1.67. The minimum atomic E-state index is -1.86. The van der Waals surface area contributed by atoms with Crippen LogP contribution in [0.25, 0.3) is 0 Å². The van der Waals surface area contributed by atoms with Gasteiger partial charge in [0, 0.05) is 76.0 Å². The fourth-order valence-electron chi connectivity index (χ4n) is 11.9. The fourth-order valence-corrected chi connectivity index (χ4v) is 11.9. The fraction of sp³-hybridized carbons (Fsp3) is 0.781. The van der Waals surface area contributed by atoms with Crippen LogP contribution in [0.4, 0.5) is 0 Å². The molecule has 5 aliphatic carbocycles. The second-order valence-corrected chi connectivity index (χ2v) is 13.9. The highest BCUT2D eigenvalue weighted by atomic mass is 16.6. The summed E-state index contributed by atoms with van der Waals surface area (Å²) in [7, 11) is 6.29. The lowest BCUT2D eigenvalue weighted by molar-refractivity contribution is -0.320. The van der Waals surface area contributed by atoms with Gasteiger partial charge < -0.3 is 44.1 Å². The lowest BCUT2D eigenvalue weighted by Crippen LogP contribution is -2.81. The van der Waals surface area contributed by atoms with E-state index in [-0.39, 0.29) is 25.0 Å². The van der Waals surface area contributed by atoms with E-state index in [0.29, 0.717) is 25.1 Å². The molecule has 1 aromatic rings. The van der Waals surface area contributed by atoms with Gasteiger partial charge in [-0.15, -0.1) is 0 Å². The molecule has 4 N–H and O–H groups in total. The second-order valence-electron chi connectivity index (χ2n) is 13.9. The summed E-state index contributed by atoms with van der Waals surface area (Å²) in [6.07, 6.45) is -5.27. The molecule has 0 amide bonds. The number of hydrogen-bond acceptors (Lipinski definition) is 11. The number of ether oxygens (including phenoxy) is 5. The first kappa shape index (κ1) is 30.0. The number of fused-ring (bicyclic) bond motifs is 2. The molecule has 0 radical (unpaired) electrons. The number of benzene rings is 1. The molecular formula is C32H45NO10. The number of aliphatic hydroxyl groups excluding tert-OH is 2. The number of esters is 1. The molecule has 6 fully saturated rings. The standard InChI is InChI=1S/C32H45NO10/c1-6-33-14-29(15-39-2)18(34)12-19(40-3)31-17-13-30(37)26(43-28(36)16-10-8-7-9-11-16)20(17)32(38,25(35)27(30)42-5)21(24(31)33)22(41-4)23(29)31/h7-11,17-27,34-35,37-38H,6,12-15H2,1-5H3/t17-,18?,19+,20-,21?,22+,23-,24?,25+,26-,27+,29+,30+,31?,32-/m1/s1. The SMILES string of the molecule is CCN1C[C@]2(COC)C(O)C[C@H](OC)C34C1C([C@H](OC)[C@@H]32)[C@]1(O)[C@@H]2[C@H]4C[C@](O)([C@@H]2OC(=O)c2ccccc2)[C@@H](OC)[C@@H]1O. The molecular weight excluding hydrogens is 558 g/mol. The van der Waals surface area contributed by atoms with Crippen LogP contribution in [0.1, 0.15) is 30.1 Å². The zero-order chi connectivity index (χ0) is 30.7. The molecule has 1 saturated heterocycles. The van der Waals surface area contributed by atoms with Crippen LogP contribution in [-0.2, 0) is 23.7 Å². The third-order valence-electron chi connectivity index (χ3n) is 12.9. The number of methoxy groups -OCH3 is 4. The summed E-state index contributed by atoms with van der Waals surface area (Å²) < 4.78 is 30.5. The zero-order valence-corrected chi connectivity index (χ0v) is 25.5. The lowest BCUT2D eigenvalue weighted by atomic mass is 9.42. The van der Waals surface area contributed by atoms with Gasteiger partial charge in [0.05, 0.1) is 30.5 Å². The van der Waals surface area contributed by atoms with Gasteiger partial charge in [-0.2, -0.15) is 0 Å². The number of rotatable bonds is 8. The summed E-state index contributed by atoms with van der Waals surface area (Å²) in [6.45, 7) is 3.46. The number of likely N-dealkylation sites (tertiary alicyclic amines) is 1. The van der Waals surface area contributed by atoms with Crippen LogP contribution in [-0.4, -0.2) is 133 Å². The highest BCUT2D eigenvalue weighted by Crippen LogP contribution is 2.80. The van der Waals surface area contributed by atoms with Crippen LogP contribution < -0.4 is 0 Å². The van der Waals surface area contributed by atoms with Crippen molar-refractivity contribution in [1.29, 1.82) is 0 Å². The second kappa shape index (κ2) is 9.91. The molecule has 1 spiro atoms. The minimum absolute atomic E-state index is 0.106. The first-order valence-electron chi connectivity index (χ1n) is 15.5. The average molecular weight is 604 g/mol. The Kier molecular flexibility index (Phi) is 6.92. The first-order valence-corrected chi connectivity index (χ1v) is 15.5.